The van der Waals surface area contributed by atoms with Crippen LogP contribution in [-0.4, -0.2) is 19.1 Å². The van der Waals surface area contributed by atoms with E-state index in [9.17, 15) is 9.18 Å². The van der Waals surface area contributed by atoms with E-state index in [2.05, 4.69) is 10.3 Å². The summed E-state index contributed by atoms with van der Waals surface area (Å²) in [7, 11) is 1.31. The molecule has 88 valence electrons. The number of hydroxylamine groups is 1. The van der Waals surface area contributed by atoms with Crippen molar-refractivity contribution >= 4 is 17.5 Å². The largest absolute Gasteiger partial charge is 0.481 e. The maximum atomic E-state index is 13.0. The molecule has 1 unspecified atom stereocenters. The zero-order chi connectivity index (χ0) is 12.1. The molecule has 0 aromatic heterocycles. The van der Waals surface area contributed by atoms with Crippen molar-refractivity contribution in [3.63, 3.8) is 0 Å². The second-order valence-corrected chi connectivity index (χ2v) is 3.41. The third-order valence-corrected chi connectivity index (χ3v) is 2.08. The molecule has 1 aromatic carbocycles. The smallest absolute Gasteiger partial charge is 0.284 e. The van der Waals surface area contributed by atoms with Crippen molar-refractivity contribution < 1.29 is 18.8 Å². The Hall–Kier alpha value is -1.33. The number of hydrogen-bond donors (Lipinski definition) is 1. The summed E-state index contributed by atoms with van der Waals surface area (Å²) in [5, 5.41) is 0.00125. The van der Waals surface area contributed by atoms with Gasteiger partial charge >= 0.3 is 0 Å². The van der Waals surface area contributed by atoms with Crippen LogP contribution in [0.4, 0.5) is 4.39 Å². The standard InChI is InChI=1S/C10H11ClFNO3/c1-6(10(14)13-15-2)16-7-3-4-8(11)9(12)5-7/h3-6H,1-2H3,(H,13,14). The molecule has 1 atom stereocenters. The van der Waals surface area contributed by atoms with Gasteiger partial charge in [0.25, 0.3) is 5.91 Å². The van der Waals surface area contributed by atoms with Gasteiger partial charge in [-0.1, -0.05) is 11.6 Å². The fourth-order valence-electron chi connectivity index (χ4n) is 0.991. The Balaban J connectivity index is 2.66. The zero-order valence-electron chi connectivity index (χ0n) is 8.79. The number of carbonyl (C=O) groups excluding carboxylic acids is 1. The molecule has 0 spiro atoms. The maximum Gasteiger partial charge on any atom is 0.284 e. The van der Waals surface area contributed by atoms with Crippen molar-refractivity contribution in [3.8, 4) is 5.75 Å². The summed E-state index contributed by atoms with van der Waals surface area (Å²) in [6.07, 6.45) is -0.791. The van der Waals surface area contributed by atoms with E-state index in [-0.39, 0.29) is 10.8 Å². The fraction of sp³-hybridized carbons (Fsp3) is 0.300. The zero-order valence-corrected chi connectivity index (χ0v) is 9.55. The van der Waals surface area contributed by atoms with Gasteiger partial charge in [-0.2, -0.15) is 0 Å². The summed E-state index contributed by atoms with van der Waals surface area (Å²) in [5.74, 6) is -0.836. The van der Waals surface area contributed by atoms with Crippen LogP contribution in [0.5, 0.6) is 5.75 Å². The normalized spacial score (nSPS) is 12.0. The van der Waals surface area contributed by atoms with E-state index in [0.717, 1.165) is 6.07 Å². The molecule has 0 saturated carbocycles. The van der Waals surface area contributed by atoms with E-state index >= 15 is 0 Å². The van der Waals surface area contributed by atoms with Gasteiger partial charge in [0.2, 0.25) is 0 Å². The van der Waals surface area contributed by atoms with Gasteiger partial charge in [-0.15, -0.1) is 0 Å². The number of ether oxygens (including phenoxy) is 1. The molecule has 6 heteroatoms. The van der Waals surface area contributed by atoms with Crippen molar-refractivity contribution in [3.05, 3.63) is 29.0 Å². The average Bonchev–Trinajstić information content (AvgIpc) is 2.24. The SMILES string of the molecule is CONC(=O)C(C)Oc1ccc(Cl)c(F)c1. The first-order chi connectivity index (χ1) is 7.54. The maximum absolute atomic E-state index is 13.0. The molecule has 0 heterocycles. The number of amides is 1. The van der Waals surface area contributed by atoms with E-state index in [0.29, 0.717) is 0 Å². The summed E-state index contributed by atoms with van der Waals surface area (Å²) < 4.78 is 18.2. The molecule has 4 nitrogen and oxygen atoms in total. The van der Waals surface area contributed by atoms with Crippen molar-refractivity contribution in [2.75, 3.05) is 7.11 Å². The lowest BCUT2D eigenvalue weighted by Gasteiger charge is -2.13. The lowest BCUT2D eigenvalue weighted by atomic mass is 10.3. The molecule has 1 N–H and O–H groups in total. The van der Waals surface area contributed by atoms with Gasteiger partial charge in [0, 0.05) is 6.07 Å². The van der Waals surface area contributed by atoms with Crippen molar-refractivity contribution in [1.82, 2.24) is 5.48 Å². The minimum absolute atomic E-state index is 0.00125. The van der Waals surface area contributed by atoms with E-state index < -0.39 is 17.8 Å². The van der Waals surface area contributed by atoms with Crippen molar-refractivity contribution in [2.45, 2.75) is 13.0 Å². The molecule has 0 saturated heterocycles. The summed E-state index contributed by atoms with van der Waals surface area (Å²) >= 11 is 5.50. The minimum Gasteiger partial charge on any atom is -0.481 e. The molecule has 0 aliphatic heterocycles. The summed E-state index contributed by atoms with van der Waals surface area (Å²) in [6.45, 7) is 1.51. The topological polar surface area (TPSA) is 47.6 Å². The van der Waals surface area contributed by atoms with Crippen molar-refractivity contribution in [2.24, 2.45) is 0 Å². The number of rotatable bonds is 4. The fourth-order valence-corrected chi connectivity index (χ4v) is 1.11. The van der Waals surface area contributed by atoms with Crippen LogP contribution < -0.4 is 10.2 Å². The molecule has 0 radical (unpaired) electrons. The van der Waals surface area contributed by atoms with Crippen LogP contribution >= 0.6 is 11.6 Å². The second kappa shape index (κ2) is 5.67. The van der Waals surface area contributed by atoms with Gasteiger partial charge in [-0.05, 0) is 19.1 Å². The van der Waals surface area contributed by atoms with Crippen LogP contribution in [0, 0.1) is 5.82 Å². The predicted molar refractivity (Wildman–Crippen MR) is 56.7 cm³/mol. The van der Waals surface area contributed by atoms with Crippen LogP contribution in [0.3, 0.4) is 0 Å². The Morgan fingerprint density at radius 2 is 2.25 bits per heavy atom. The molecule has 1 rings (SSSR count). The molecule has 1 aromatic rings. The summed E-state index contributed by atoms with van der Waals surface area (Å²) in [6, 6.07) is 3.94. The Bertz CT molecular complexity index is 386. The Kier molecular flexibility index (Phi) is 4.52. The Labute approximate surface area is 97.3 Å². The van der Waals surface area contributed by atoms with Crippen LogP contribution in [0.15, 0.2) is 18.2 Å². The highest BCUT2D eigenvalue weighted by Gasteiger charge is 2.14. The molecule has 1 amide bonds. The van der Waals surface area contributed by atoms with Gasteiger partial charge in [0.1, 0.15) is 11.6 Å². The van der Waals surface area contributed by atoms with Gasteiger partial charge in [-0.25, -0.2) is 9.87 Å². The lowest BCUT2D eigenvalue weighted by molar-refractivity contribution is -0.137. The van der Waals surface area contributed by atoms with Gasteiger partial charge in [0.05, 0.1) is 12.1 Å². The van der Waals surface area contributed by atoms with Crippen LogP contribution in [0.1, 0.15) is 6.92 Å². The number of nitrogens with one attached hydrogen (secondary N) is 1. The van der Waals surface area contributed by atoms with E-state index in [1.165, 1.54) is 26.2 Å². The highest BCUT2D eigenvalue weighted by molar-refractivity contribution is 6.30. The second-order valence-electron chi connectivity index (χ2n) is 3.01. The van der Waals surface area contributed by atoms with Crippen LogP contribution in [0.2, 0.25) is 5.02 Å². The molecule has 0 bridgehead atoms. The minimum atomic E-state index is -0.791. The van der Waals surface area contributed by atoms with Crippen LogP contribution in [-0.2, 0) is 9.63 Å². The van der Waals surface area contributed by atoms with E-state index in [1.807, 2.05) is 0 Å². The third kappa shape index (κ3) is 3.36. The number of hydrogen-bond acceptors (Lipinski definition) is 3. The number of benzene rings is 1. The Morgan fingerprint density at radius 1 is 1.56 bits per heavy atom. The first-order valence-electron chi connectivity index (χ1n) is 4.49. The highest BCUT2D eigenvalue weighted by Crippen LogP contribution is 2.21. The van der Waals surface area contributed by atoms with E-state index in [4.69, 9.17) is 16.3 Å². The Morgan fingerprint density at radius 3 is 2.81 bits per heavy atom. The van der Waals surface area contributed by atoms with Gasteiger partial charge in [-0.3, -0.25) is 9.63 Å². The number of carbonyl (C=O) groups is 1. The quantitative estimate of drug-likeness (QED) is 0.827. The monoisotopic (exact) mass is 247 g/mol. The molecular weight excluding hydrogens is 237 g/mol. The summed E-state index contributed by atoms with van der Waals surface area (Å²) in [5.41, 5.74) is 2.11. The first kappa shape index (κ1) is 12.7. The van der Waals surface area contributed by atoms with E-state index in [1.54, 1.807) is 0 Å². The lowest BCUT2D eigenvalue weighted by Crippen LogP contribution is -2.35. The summed E-state index contributed by atoms with van der Waals surface area (Å²) in [4.78, 5) is 15.6. The van der Waals surface area contributed by atoms with Crippen molar-refractivity contribution in [1.29, 1.82) is 0 Å². The highest BCUT2D eigenvalue weighted by atomic mass is 35.5. The molecule has 0 aliphatic carbocycles. The number of halogens is 2. The van der Waals surface area contributed by atoms with Gasteiger partial charge < -0.3 is 4.74 Å². The van der Waals surface area contributed by atoms with Gasteiger partial charge in [0.15, 0.2) is 6.10 Å². The first-order valence-corrected chi connectivity index (χ1v) is 4.87. The molecular formula is C10H11ClFNO3. The average molecular weight is 248 g/mol. The molecule has 0 aliphatic rings. The predicted octanol–water partition coefficient (Wildman–Crippen LogP) is 1.92. The van der Waals surface area contributed by atoms with Crippen LogP contribution in [0.25, 0.3) is 0 Å². The molecule has 16 heavy (non-hydrogen) atoms. The third-order valence-electron chi connectivity index (χ3n) is 1.78. The molecule has 0 fully saturated rings.